The van der Waals surface area contributed by atoms with E-state index in [-0.39, 0.29) is 36.5 Å². The highest BCUT2D eigenvalue weighted by atomic mass is 16.6. The second-order valence-electron chi connectivity index (χ2n) is 7.25. The summed E-state index contributed by atoms with van der Waals surface area (Å²) in [6.45, 7) is 0.285. The Labute approximate surface area is 152 Å². The SMILES string of the molecule is Cn1cncc1C(=O)C1CC2CCC(C1)N2C(=O)OCc1ccccc1. The van der Waals surface area contributed by atoms with Crippen LogP contribution in [0.4, 0.5) is 4.79 Å². The van der Waals surface area contributed by atoms with Crippen LogP contribution in [0.3, 0.4) is 0 Å². The third kappa shape index (κ3) is 3.11. The number of hydrogen-bond acceptors (Lipinski definition) is 4. The standard InChI is InChI=1S/C20H23N3O3/c1-22-13-21-11-18(22)19(24)15-9-16-7-8-17(10-15)23(16)20(25)26-12-14-5-3-2-4-6-14/h2-6,11,13,15-17H,7-10,12H2,1H3. The summed E-state index contributed by atoms with van der Waals surface area (Å²) in [5.41, 5.74) is 1.63. The zero-order valence-electron chi connectivity index (χ0n) is 14.9. The third-order valence-corrected chi connectivity index (χ3v) is 5.59. The fourth-order valence-electron chi connectivity index (χ4n) is 4.29. The minimum atomic E-state index is -0.257. The van der Waals surface area contributed by atoms with Crippen molar-refractivity contribution in [2.45, 2.75) is 44.4 Å². The summed E-state index contributed by atoms with van der Waals surface area (Å²) in [6.07, 6.45) is 6.33. The summed E-state index contributed by atoms with van der Waals surface area (Å²) < 4.78 is 7.29. The summed E-state index contributed by atoms with van der Waals surface area (Å²) >= 11 is 0. The first kappa shape index (κ1) is 16.8. The van der Waals surface area contributed by atoms with Crippen molar-refractivity contribution in [3.05, 3.63) is 54.1 Å². The molecule has 1 aromatic heterocycles. The quantitative estimate of drug-likeness (QED) is 0.792. The Balaban J connectivity index is 1.40. The third-order valence-electron chi connectivity index (χ3n) is 5.59. The number of ether oxygens (including phenoxy) is 1. The van der Waals surface area contributed by atoms with Gasteiger partial charge >= 0.3 is 6.09 Å². The highest BCUT2D eigenvalue weighted by molar-refractivity contribution is 5.96. The molecule has 2 atom stereocenters. The number of carbonyl (C=O) groups is 2. The van der Waals surface area contributed by atoms with Crippen molar-refractivity contribution in [3.63, 3.8) is 0 Å². The smallest absolute Gasteiger partial charge is 0.410 e. The number of nitrogens with zero attached hydrogens (tertiary/aromatic N) is 3. The van der Waals surface area contributed by atoms with Crippen molar-refractivity contribution >= 4 is 11.9 Å². The van der Waals surface area contributed by atoms with Gasteiger partial charge in [0.1, 0.15) is 12.3 Å². The summed E-state index contributed by atoms with van der Waals surface area (Å²) in [5, 5.41) is 0. The Morgan fingerprint density at radius 1 is 1.15 bits per heavy atom. The lowest BCUT2D eigenvalue weighted by molar-refractivity contribution is 0.0482. The van der Waals surface area contributed by atoms with E-state index in [2.05, 4.69) is 4.98 Å². The molecule has 26 heavy (non-hydrogen) atoms. The molecule has 6 heteroatoms. The van der Waals surface area contributed by atoms with Crippen LogP contribution in [-0.4, -0.2) is 38.4 Å². The van der Waals surface area contributed by atoms with Crippen molar-refractivity contribution in [1.29, 1.82) is 0 Å². The number of hydrogen-bond donors (Lipinski definition) is 0. The fourth-order valence-corrected chi connectivity index (χ4v) is 4.29. The van der Waals surface area contributed by atoms with E-state index in [1.807, 2.05) is 42.3 Å². The number of amides is 1. The summed E-state index contributed by atoms with van der Waals surface area (Å²) in [6, 6.07) is 9.89. The van der Waals surface area contributed by atoms with Crippen LogP contribution >= 0.6 is 0 Å². The van der Waals surface area contributed by atoms with E-state index in [1.165, 1.54) is 0 Å². The average Bonchev–Trinajstić information content (AvgIpc) is 3.20. The second-order valence-corrected chi connectivity index (χ2v) is 7.25. The Hall–Kier alpha value is -2.63. The zero-order chi connectivity index (χ0) is 18.1. The van der Waals surface area contributed by atoms with Gasteiger partial charge in [0, 0.05) is 25.0 Å². The molecule has 2 fully saturated rings. The largest absolute Gasteiger partial charge is 0.445 e. The molecule has 136 valence electrons. The number of fused-ring (bicyclic) bond motifs is 2. The molecule has 2 aliphatic heterocycles. The lowest BCUT2D eigenvalue weighted by Gasteiger charge is -2.37. The van der Waals surface area contributed by atoms with Crippen LogP contribution in [0.5, 0.6) is 0 Å². The molecule has 2 saturated heterocycles. The van der Waals surface area contributed by atoms with E-state index < -0.39 is 0 Å². The van der Waals surface area contributed by atoms with E-state index >= 15 is 0 Å². The Morgan fingerprint density at radius 2 is 1.85 bits per heavy atom. The molecule has 2 unspecified atom stereocenters. The number of aryl methyl sites for hydroxylation is 1. The Kier molecular flexibility index (Phi) is 4.49. The number of rotatable bonds is 4. The molecular weight excluding hydrogens is 330 g/mol. The Bertz CT molecular complexity index is 788. The molecule has 2 aromatic rings. The first-order valence-corrected chi connectivity index (χ1v) is 9.13. The number of carbonyl (C=O) groups excluding carboxylic acids is 2. The highest BCUT2D eigenvalue weighted by Gasteiger charge is 2.46. The van der Waals surface area contributed by atoms with Crippen molar-refractivity contribution in [1.82, 2.24) is 14.5 Å². The van der Waals surface area contributed by atoms with Crippen LogP contribution in [0.15, 0.2) is 42.9 Å². The lowest BCUT2D eigenvalue weighted by atomic mass is 9.86. The molecule has 1 amide bonds. The van der Waals surface area contributed by atoms with Gasteiger partial charge in [-0.25, -0.2) is 9.78 Å². The number of aromatic nitrogens is 2. The van der Waals surface area contributed by atoms with Gasteiger partial charge in [-0.1, -0.05) is 30.3 Å². The Morgan fingerprint density at radius 3 is 2.46 bits per heavy atom. The molecule has 6 nitrogen and oxygen atoms in total. The van der Waals surface area contributed by atoms with Gasteiger partial charge in [0.2, 0.25) is 0 Å². The number of ketones is 1. The van der Waals surface area contributed by atoms with Crippen LogP contribution in [0.25, 0.3) is 0 Å². The van der Waals surface area contributed by atoms with E-state index in [0.29, 0.717) is 18.5 Å². The van der Waals surface area contributed by atoms with Gasteiger partial charge in [0.05, 0.1) is 12.5 Å². The summed E-state index contributed by atoms with van der Waals surface area (Å²) in [7, 11) is 1.84. The average molecular weight is 353 g/mol. The number of benzene rings is 1. The van der Waals surface area contributed by atoms with E-state index in [9.17, 15) is 9.59 Å². The van der Waals surface area contributed by atoms with Gasteiger partial charge in [-0.15, -0.1) is 0 Å². The number of piperidine rings is 1. The molecule has 3 heterocycles. The van der Waals surface area contributed by atoms with Crippen LogP contribution in [-0.2, 0) is 18.4 Å². The van der Waals surface area contributed by atoms with Gasteiger partial charge in [-0.2, -0.15) is 0 Å². The first-order chi connectivity index (χ1) is 12.6. The molecule has 0 spiro atoms. The van der Waals surface area contributed by atoms with Crippen molar-refractivity contribution < 1.29 is 14.3 Å². The zero-order valence-corrected chi connectivity index (χ0v) is 14.9. The minimum Gasteiger partial charge on any atom is -0.445 e. The molecule has 2 bridgehead atoms. The maximum atomic E-state index is 12.8. The molecular formula is C20H23N3O3. The van der Waals surface area contributed by atoms with Crippen molar-refractivity contribution in [3.8, 4) is 0 Å². The van der Waals surface area contributed by atoms with Gasteiger partial charge < -0.3 is 14.2 Å². The van der Waals surface area contributed by atoms with Gasteiger partial charge in [-0.3, -0.25) is 4.79 Å². The fraction of sp³-hybridized carbons (Fsp3) is 0.450. The summed E-state index contributed by atoms with van der Waals surface area (Å²) in [4.78, 5) is 31.3. The van der Waals surface area contributed by atoms with E-state index in [4.69, 9.17) is 4.74 Å². The lowest BCUT2D eigenvalue weighted by Crippen LogP contribution is -2.48. The van der Waals surface area contributed by atoms with Crippen LogP contribution < -0.4 is 0 Å². The maximum absolute atomic E-state index is 12.8. The van der Waals surface area contributed by atoms with Crippen LogP contribution in [0.1, 0.15) is 41.7 Å². The van der Waals surface area contributed by atoms with Crippen LogP contribution in [0, 0.1) is 5.92 Å². The van der Waals surface area contributed by atoms with Crippen LogP contribution in [0.2, 0.25) is 0 Å². The minimum absolute atomic E-state index is 0.0407. The molecule has 0 aliphatic carbocycles. The predicted octanol–water partition coefficient (Wildman–Crippen LogP) is 3.18. The van der Waals surface area contributed by atoms with Crippen molar-refractivity contribution in [2.24, 2.45) is 13.0 Å². The van der Waals surface area contributed by atoms with E-state index in [0.717, 1.165) is 18.4 Å². The molecule has 0 saturated carbocycles. The second kappa shape index (κ2) is 6.94. The molecule has 4 rings (SSSR count). The van der Waals surface area contributed by atoms with Crippen molar-refractivity contribution in [2.75, 3.05) is 0 Å². The number of imidazole rings is 1. The summed E-state index contributed by atoms with van der Waals surface area (Å²) in [5.74, 6) is 0.0975. The molecule has 0 N–H and O–H groups in total. The molecule has 1 aromatic carbocycles. The van der Waals surface area contributed by atoms with Gasteiger partial charge in [0.25, 0.3) is 0 Å². The predicted molar refractivity (Wildman–Crippen MR) is 95.5 cm³/mol. The monoisotopic (exact) mass is 353 g/mol. The maximum Gasteiger partial charge on any atom is 0.410 e. The number of Topliss-reactive ketones (excluding diaryl/α,β-unsaturated/α-hetero) is 1. The van der Waals surface area contributed by atoms with Gasteiger partial charge in [0.15, 0.2) is 5.78 Å². The highest BCUT2D eigenvalue weighted by Crippen LogP contribution is 2.40. The first-order valence-electron chi connectivity index (χ1n) is 9.13. The topological polar surface area (TPSA) is 64.4 Å². The van der Waals surface area contributed by atoms with E-state index in [1.54, 1.807) is 17.1 Å². The molecule has 2 aliphatic rings. The normalized spacial score (nSPS) is 24.5. The molecule has 0 radical (unpaired) electrons. The van der Waals surface area contributed by atoms with Gasteiger partial charge in [-0.05, 0) is 31.2 Å².